The van der Waals surface area contributed by atoms with E-state index < -0.39 is 0 Å². The molecule has 1 N–H and O–H groups in total. The van der Waals surface area contributed by atoms with E-state index >= 15 is 0 Å². The normalized spacial score (nSPS) is 12.6. The van der Waals surface area contributed by atoms with Crippen molar-refractivity contribution in [2.45, 2.75) is 40.0 Å². The molecular formula is C15H25NO2. The highest BCUT2D eigenvalue weighted by Crippen LogP contribution is 2.11. The monoisotopic (exact) mass is 251 g/mol. The van der Waals surface area contributed by atoms with Crippen molar-refractivity contribution in [3.63, 3.8) is 0 Å². The Morgan fingerprint density at radius 1 is 1.17 bits per heavy atom. The van der Waals surface area contributed by atoms with Crippen LogP contribution in [0.5, 0.6) is 0 Å². The average molecular weight is 251 g/mol. The molecule has 0 heterocycles. The van der Waals surface area contributed by atoms with Gasteiger partial charge in [-0.15, -0.1) is 0 Å². The lowest BCUT2D eigenvalue weighted by molar-refractivity contribution is -0.0119. The molecule has 18 heavy (non-hydrogen) atoms. The van der Waals surface area contributed by atoms with Gasteiger partial charge in [0, 0.05) is 13.2 Å². The number of nitrogens with one attached hydrogen (secondary N) is 1. The Morgan fingerprint density at radius 3 is 2.56 bits per heavy atom. The molecule has 1 unspecified atom stereocenters. The van der Waals surface area contributed by atoms with Gasteiger partial charge in [0.2, 0.25) is 0 Å². The summed E-state index contributed by atoms with van der Waals surface area (Å²) in [4.78, 5) is 0. The Morgan fingerprint density at radius 2 is 1.89 bits per heavy atom. The van der Waals surface area contributed by atoms with E-state index in [0.29, 0.717) is 13.2 Å². The van der Waals surface area contributed by atoms with Gasteiger partial charge in [-0.25, -0.2) is 0 Å². The molecule has 0 saturated heterocycles. The van der Waals surface area contributed by atoms with Gasteiger partial charge in [0.1, 0.15) is 0 Å². The molecule has 3 nitrogen and oxygen atoms in total. The Balaban J connectivity index is 2.45. The molecule has 0 radical (unpaired) electrons. The van der Waals surface area contributed by atoms with Crippen LogP contribution >= 0.6 is 0 Å². The highest BCUT2D eigenvalue weighted by Gasteiger charge is 2.05. The van der Waals surface area contributed by atoms with E-state index in [1.807, 2.05) is 13.8 Å². The van der Waals surface area contributed by atoms with Gasteiger partial charge in [-0.2, -0.15) is 0 Å². The van der Waals surface area contributed by atoms with Crippen LogP contribution in [0.2, 0.25) is 0 Å². The molecule has 0 aliphatic carbocycles. The molecule has 0 aromatic heterocycles. The zero-order chi connectivity index (χ0) is 13.2. The van der Waals surface area contributed by atoms with E-state index in [1.165, 1.54) is 11.1 Å². The summed E-state index contributed by atoms with van der Waals surface area (Å²) in [6.07, 6.45) is 0.136. The summed E-state index contributed by atoms with van der Waals surface area (Å²) in [6, 6.07) is 8.40. The topological polar surface area (TPSA) is 30.5 Å². The van der Waals surface area contributed by atoms with Crippen LogP contribution in [0.4, 0.5) is 0 Å². The standard InChI is InChI=1S/C15H25NO2/c1-4-16-10-14-8-6-7-9-15(14)12-18-13(3)11-17-5-2/h6-9,13,16H,4-5,10-12H2,1-3H3. The average Bonchev–Trinajstić information content (AvgIpc) is 2.41. The van der Waals surface area contributed by atoms with Crippen molar-refractivity contribution in [3.05, 3.63) is 35.4 Å². The minimum absolute atomic E-state index is 0.136. The molecule has 3 heteroatoms. The van der Waals surface area contributed by atoms with Crippen LogP contribution in [0.1, 0.15) is 31.9 Å². The summed E-state index contributed by atoms with van der Waals surface area (Å²) < 4.78 is 11.1. The van der Waals surface area contributed by atoms with Gasteiger partial charge in [0.25, 0.3) is 0 Å². The summed E-state index contributed by atoms with van der Waals surface area (Å²) >= 11 is 0. The van der Waals surface area contributed by atoms with Crippen LogP contribution in [0, 0.1) is 0 Å². The molecule has 1 aromatic rings. The smallest absolute Gasteiger partial charge is 0.0785 e. The second kappa shape index (κ2) is 9.09. The van der Waals surface area contributed by atoms with Crippen LogP contribution in [0.3, 0.4) is 0 Å². The van der Waals surface area contributed by atoms with E-state index in [4.69, 9.17) is 9.47 Å². The van der Waals surface area contributed by atoms with E-state index in [1.54, 1.807) is 0 Å². The summed E-state index contributed by atoms with van der Waals surface area (Å²) in [5.41, 5.74) is 2.56. The van der Waals surface area contributed by atoms with Crippen molar-refractivity contribution in [2.24, 2.45) is 0 Å². The molecular weight excluding hydrogens is 226 g/mol. The summed E-state index contributed by atoms with van der Waals surface area (Å²) in [7, 11) is 0. The van der Waals surface area contributed by atoms with E-state index in [-0.39, 0.29) is 6.10 Å². The highest BCUT2D eigenvalue weighted by molar-refractivity contribution is 5.26. The first-order valence-electron chi connectivity index (χ1n) is 6.74. The van der Waals surface area contributed by atoms with Crippen LogP contribution in [0.25, 0.3) is 0 Å². The number of hydrogen-bond acceptors (Lipinski definition) is 3. The Kier molecular flexibility index (Phi) is 7.65. The SMILES string of the molecule is CCNCc1ccccc1COC(C)COCC. The van der Waals surface area contributed by atoms with Crippen molar-refractivity contribution in [1.29, 1.82) is 0 Å². The van der Waals surface area contributed by atoms with Gasteiger partial charge < -0.3 is 14.8 Å². The lowest BCUT2D eigenvalue weighted by Crippen LogP contribution is -2.17. The quantitative estimate of drug-likeness (QED) is 0.732. The van der Waals surface area contributed by atoms with Gasteiger partial charge in [-0.05, 0) is 31.5 Å². The lowest BCUT2D eigenvalue weighted by Gasteiger charge is -2.15. The predicted octanol–water partition coefficient (Wildman–Crippen LogP) is 2.74. The predicted molar refractivity (Wildman–Crippen MR) is 74.6 cm³/mol. The number of hydrogen-bond donors (Lipinski definition) is 1. The maximum atomic E-state index is 5.80. The molecule has 0 bridgehead atoms. The minimum Gasteiger partial charge on any atom is -0.379 e. The van der Waals surface area contributed by atoms with Gasteiger partial charge in [-0.3, -0.25) is 0 Å². The van der Waals surface area contributed by atoms with Gasteiger partial charge in [0.05, 0.1) is 19.3 Å². The zero-order valence-electron chi connectivity index (χ0n) is 11.7. The fourth-order valence-electron chi connectivity index (χ4n) is 1.69. The second-order valence-corrected chi connectivity index (χ2v) is 4.33. The van der Waals surface area contributed by atoms with Crippen LogP contribution in [0.15, 0.2) is 24.3 Å². The second-order valence-electron chi connectivity index (χ2n) is 4.33. The Labute approximate surface area is 110 Å². The van der Waals surface area contributed by atoms with Crippen LogP contribution < -0.4 is 5.32 Å². The Bertz CT molecular complexity index is 328. The number of benzene rings is 1. The number of rotatable bonds is 9. The Hall–Kier alpha value is -0.900. The molecule has 0 amide bonds. The molecule has 1 aromatic carbocycles. The van der Waals surface area contributed by atoms with E-state index in [0.717, 1.165) is 19.7 Å². The third-order valence-electron chi connectivity index (χ3n) is 2.76. The van der Waals surface area contributed by atoms with Crippen molar-refractivity contribution >= 4 is 0 Å². The molecule has 0 fully saturated rings. The first-order valence-corrected chi connectivity index (χ1v) is 6.74. The maximum Gasteiger partial charge on any atom is 0.0785 e. The fraction of sp³-hybridized carbons (Fsp3) is 0.600. The van der Waals surface area contributed by atoms with Crippen molar-refractivity contribution in [1.82, 2.24) is 5.32 Å². The minimum atomic E-state index is 0.136. The van der Waals surface area contributed by atoms with Crippen molar-refractivity contribution < 1.29 is 9.47 Å². The largest absolute Gasteiger partial charge is 0.379 e. The molecule has 0 aliphatic heterocycles. The molecule has 1 rings (SSSR count). The molecule has 0 aliphatic rings. The van der Waals surface area contributed by atoms with Gasteiger partial charge >= 0.3 is 0 Å². The first kappa shape index (κ1) is 15.2. The lowest BCUT2D eigenvalue weighted by atomic mass is 10.1. The highest BCUT2D eigenvalue weighted by atomic mass is 16.5. The third-order valence-corrected chi connectivity index (χ3v) is 2.76. The van der Waals surface area contributed by atoms with Crippen LogP contribution in [-0.2, 0) is 22.6 Å². The van der Waals surface area contributed by atoms with Gasteiger partial charge in [0.15, 0.2) is 0 Å². The number of ether oxygens (including phenoxy) is 2. The molecule has 1 atom stereocenters. The zero-order valence-corrected chi connectivity index (χ0v) is 11.7. The molecule has 102 valence electrons. The van der Waals surface area contributed by atoms with Crippen LogP contribution in [-0.4, -0.2) is 25.9 Å². The first-order chi connectivity index (χ1) is 8.77. The summed E-state index contributed by atoms with van der Waals surface area (Å²) in [6.45, 7) is 10.1. The third kappa shape index (κ3) is 5.63. The molecule has 0 spiro atoms. The van der Waals surface area contributed by atoms with E-state index in [2.05, 4.69) is 36.5 Å². The van der Waals surface area contributed by atoms with Crippen molar-refractivity contribution in [3.8, 4) is 0 Å². The molecule has 0 saturated carbocycles. The maximum absolute atomic E-state index is 5.80. The van der Waals surface area contributed by atoms with Gasteiger partial charge in [-0.1, -0.05) is 31.2 Å². The summed E-state index contributed by atoms with van der Waals surface area (Å²) in [5, 5.41) is 3.35. The summed E-state index contributed by atoms with van der Waals surface area (Å²) in [5.74, 6) is 0. The van der Waals surface area contributed by atoms with E-state index in [9.17, 15) is 0 Å². The van der Waals surface area contributed by atoms with Crippen molar-refractivity contribution in [2.75, 3.05) is 19.8 Å². The fourth-order valence-corrected chi connectivity index (χ4v) is 1.69.